The molecule has 1 fully saturated rings. The number of benzene rings is 1. The van der Waals surface area contributed by atoms with E-state index < -0.39 is 0 Å². The van der Waals surface area contributed by atoms with Crippen LogP contribution in [0.15, 0.2) is 28.7 Å². The highest BCUT2D eigenvalue weighted by atomic mass is 79.9. The molecular weight excluding hydrogens is 306 g/mol. The molecule has 0 radical (unpaired) electrons. The van der Waals surface area contributed by atoms with Crippen molar-refractivity contribution >= 4 is 22.2 Å². The van der Waals surface area contributed by atoms with Crippen LogP contribution in [-0.2, 0) is 16.1 Å². The second kappa shape index (κ2) is 6.64. The summed E-state index contributed by atoms with van der Waals surface area (Å²) >= 11 is 3.56. The van der Waals surface area contributed by atoms with E-state index in [1.54, 1.807) is 0 Å². The molecule has 2 rings (SSSR count). The van der Waals surface area contributed by atoms with Crippen LogP contribution in [0.3, 0.4) is 0 Å². The zero-order valence-electron chi connectivity index (χ0n) is 11.3. The molecule has 0 aliphatic carbocycles. The lowest BCUT2D eigenvalue weighted by Gasteiger charge is -2.35. The van der Waals surface area contributed by atoms with Gasteiger partial charge in [-0.1, -0.05) is 34.1 Å². The fourth-order valence-corrected chi connectivity index (χ4v) is 3.05. The molecule has 1 aromatic carbocycles. The van der Waals surface area contributed by atoms with Gasteiger partial charge in [0.25, 0.3) is 0 Å². The summed E-state index contributed by atoms with van der Waals surface area (Å²) in [7, 11) is 2.05. The Morgan fingerprint density at radius 2 is 2.26 bits per heavy atom. The minimum absolute atomic E-state index is 0.325. The van der Waals surface area contributed by atoms with Crippen molar-refractivity contribution in [3.8, 4) is 0 Å². The normalized spacial score (nSPS) is 23.5. The van der Waals surface area contributed by atoms with E-state index >= 15 is 0 Å². The molecule has 0 saturated carbocycles. The van der Waals surface area contributed by atoms with Gasteiger partial charge in [-0.15, -0.1) is 0 Å². The topological polar surface area (TPSA) is 29.5 Å². The van der Waals surface area contributed by atoms with Gasteiger partial charge in [0.1, 0.15) is 6.29 Å². The molecule has 0 spiro atoms. The second-order valence-corrected chi connectivity index (χ2v) is 6.25. The summed E-state index contributed by atoms with van der Waals surface area (Å²) in [6, 6.07) is 8.19. The van der Waals surface area contributed by atoms with E-state index in [0.29, 0.717) is 6.61 Å². The highest BCUT2D eigenvalue weighted by molar-refractivity contribution is 9.10. The van der Waals surface area contributed by atoms with Gasteiger partial charge in [0.15, 0.2) is 0 Å². The van der Waals surface area contributed by atoms with E-state index in [1.165, 1.54) is 5.56 Å². The molecule has 1 aliphatic heterocycles. The largest absolute Gasteiger partial charge is 0.380 e. The molecule has 0 N–H and O–H groups in total. The van der Waals surface area contributed by atoms with E-state index in [0.717, 1.165) is 43.3 Å². The molecule has 1 unspecified atom stereocenters. The number of aldehydes is 1. The van der Waals surface area contributed by atoms with Gasteiger partial charge in [0.05, 0.1) is 12.0 Å². The summed E-state index contributed by atoms with van der Waals surface area (Å²) in [5.74, 6) is 0. The van der Waals surface area contributed by atoms with Crippen LogP contribution in [0.5, 0.6) is 0 Å². The van der Waals surface area contributed by atoms with Crippen LogP contribution in [0.1, 0.15) is 18.4 Å². The van der Waals surface area contributed by atoms with Crippen LogP contribution in [0.4, 0.5) is 0 Å². The Kier molecular flexibility index (Phi) is 5.13. The van der Waals surface area contributed by atoms with E-state index in [4.69, 9.17) is 4.74 Å². The van der Waals surface area contributed by atoms with Crippen LogP contribution in [0.2, 0.25) is 0 Å². The lowest BCUT2D eigenvalue weighted by atomic mass is 9.83. The Hall–Kier alpha value is -0.710. The summed E-state index contributed by atoms with van der Waals surface area (Å²) in [6.07, 6.45) is 2.99. The summed E-state index contributed by atoms with van der Waals surface area (Å²) in [4.78, 5) is 13.6. The molecule has 1 heterocycles. The molecule has 4 heteroatoms. The van der Waals surface area contributed by atoms with Crippen molar-refractivity contribution in [2.24, 2.45) is 5.41 Å². The number of ether oxygens (including phenoxy) is 1. The number of hydrogen-bond donors (Lipinski definition) is 0. The van der Waals surface area contributed by atoms with Crippen molar-refractivity contribution < 1.29 is 9.53 Å². The molecule has 104 valence electrons. The standard InChI is InChI=1S/C15H20BrNO2/c1-17(9-13-5-2-3-6-14(13)16)10-15(11-18)7-4-8-19-12-15/h2-3,5-6,11H,4,7-10,12H2,1H3. The Balaban J connectivity index is 1.98. The molecule has 0 aromatic heterocycles. The number of nitrogens with zero attached hydrogens (tertiary/aromatic N) is 1. The Bertz CT molecular complexity index is 430. The smallest absolute Gasteiger partial charge is 0.129 e. The fraction of sp³-hybridized carbons (Fsp3) is 0.533. The summed E-state index contributed by atoms with van der Waals surface area (Å²) in [6.45, 7) is 2.91. The van der Waals surface area contributed by atoms with Gasteiger partial charge in [-0.25, -0.2) is 0 Å². The number of hydrogen-bond acceptors (Lipinski definition) is 3. The van der Waals surface area contributed by atoms with E-state index in [9.17, 15) is 4.79 Å². The zero-order valence-corrected chi connectivity index (χ0v) is 12.9. The van der Waals surface area contributed by atoms with E-state index in [-0.39, 0.29) is 5.41 Å². The third-order valence-corrected chi connectivity index (χ3v) is 4.36. The first-order valence-electron chi connectivity index (χ1n) is 6.61. The maximum Gasteiger partial charge on any atom is 0.129 e. The number of rotatable bonds is 5. The minimum Gasteiger partial charge on any atom is -0.380 e. The van der Waals surface area contributed by atoms with Crippen LogP contribution < -0.4 is 0 Å². The fourth-order valence-electron chi connectivity index (χ4n) is 2.64. The Morgan fingerprint density at radius 3 is 2.89 bits per heavy atom. The van der Waals surface area contributed by atoms with Gasteiger partial charge in [0.2, 0.25) is 0 Å². The summed E-state index contributed by atoms with van der Waals surface area (Å²) < 4.78 is 6.60. The van der Waals surface area contributed by atoms with Crippen molar-refractivity contribution in [2.75, 3.05) is 26.8 Å². The predicted octanol–water partition coefficient (Wildman–Crippen LogP) is 2.88. The van der Waals surface area contributed by atoms with Gasteiger partial charge in [0, 0.05) is 24.2 Å². The summed E-state index contributed by atoms with van der Waals surface area (Å²) in [5, 5.41) is 0. The first-order chi connectivity index (χ1) is 9.15. The van der Waals surface area contributed by atoms with E-state index in [2.05, 4.69) is 33.9 Å². The number of halogens is 1. The molecular formula is C15H20BrNO2. The average Bonchev–Trinajstić information content (AvgIpc) is 2.42. The maximum absolute atomic E-state index is 11.4. The predicted molar refractivity (Wildman–Crippen MR) is 79.0 cm³/mol. The van der Waals surface area contributed by atoms with Gasteiger partial charge in [-0.3, -0.25) is 0 Å². The number of carbonyl (C=O) groups excluding carboxylic acids is 1. The average molecular weight is 326 g/mol. The molecule has 1 atom stereocenters. The van der Waals surface area contributed by atoms with Crippen molar-refractivity contribution in [3.63, 3.8) is 0 Å². The second-order valence-electron chi connectivity index (χ2n) is 5.40. The molecule has 1 aromatic rings. The maximum atomic E-state index is 11.4. The number of carbonyl (C=O) groups is 1. The van der Waals surface area contributed by atoms with Crippen molar-refractivity contribution in [2.45, 2.75) is 19.4 Å². The quantitative estimate of drug-likeness (QED) is 0.779. The van der Waals surface area contributed by atoms with Gasteiger partial charge >= 0.3 is 0 Å². The molecule has 3 nitrogen and oxygen atoms in total. The highest BCUT2D eigenvalue weighted by Crippen LogP contribution is 2.28. The van der Waals surface area contributed by atoms with Crippen LogP contribution in [-0.4, -0.2) is 38.0 Å². The van der Waals surface area contributed by atoms with Crippen molar-refractivity contribution in [1.29, 1.82) is 0 Å². The molecule has 0 bridgehead atoms. The third-order valence-electron chi connectivity index (χ3n) is 3.59. The van der Waals surface area contributed by atoms with Gasteiger partial charge in [-0.05, 0) is 31.5 Å². The molecule has 1 saturated heterocycles. The first-order valence-corrected chi connectivity index (χ1v) is 7.40. The van der Waals surface area contributed by atoms with Crippen LogP contribution >= 0.6 is 15.9 Å². The SMILES string of the molecule is CN(Cc1ccccc1Br)CC1(C=O)CCCOC1. The van der Waals surface area contributed by atoms with Gasteiger partial charge in [-0.2, -0.15) is 0 Å². The van der Waals surface area contributed by atoms with Crippen LogP contribution in [0.25, 0.3) is 0 Å². The first kappa shape index (κ1) is 14.7. The lowest BCUT2D eigenvalue weighted by Crippen LogP contribution is -2.42. The third kappa shape index (κ3) is 3.88. The molecule has 1 aliphatic rings. The van der Waals surface area contributed by atoms with E-state index in [1.807, 2.05) is 18.2 Å². The molecule has 19 heavy (non-hydrogen) atoms. The van der Waals surface area contributed by atoms with Gasteiger partial charge < -0.3 is 14.4 Å². The lowest BCUT2D eigenvalue weighted by molar-refractivity contribution is -0.125. The Labute approximate surface area is 123 Å². The highest BCUT2D eigenvalue weighted by Gasteiger charge is 2.33. The van der Waals surface area contributed by atoms with Crippen molar-refractivity contribution in [3.05, 3.63) is 34.3 Å². The Morgan fingerprint density at radius 1 is 1.47 bits per heavy atom. The zero-order chi connectivity index (χ0) is 13.7. The minimum atomic E-state index is -0.325. The van der Waals surface area contributed by atoms with Crippen molar-refractivity contribution in [1.82, 2.24) is 4.90 Å². The summed E-state index contributed by atoms with van der Waals surface area (Å²) in [5.41, 5.74) is 0.914. The van der Waals surface area contributed by atoms with Crippen LogP contribution in [0, 0.1) is 5.41 Å². The molecule has 0 amide bonds. The monoisotopic (exact) mass is 325 g/mol.